The molecule has 1 fully saturated rings. The summed E-state index contributed by atoms with van der Waals surface area (Å²) in [5, 5.41) is 6.01. The van der Waals surface area contributed by atoms with Crippen molar-refractivity contribution in [2.24, 2.45) is 0 Å². The van der Waals surface area contributed by atoms with Crippen LogP contribution < -0.4 is 5.32 Å². The van der Waals surface area contributed by atoms with Crippen molar-refractivity contribution >= 4 is 37.7 Å². The van der Waals surface area contributed by atoms with Gasteiger partial charge in [-0.2, -0.15) is 0 Å². The number of rotatable bonds is 4. The number of aryl methyl sites for hydroxylation is 1. The van der Waals surface area contributed by atoms with E-state index in [1.54, 1.807) is 6.92 Å². The molecule has 0 bridgehead atoms. The highest BCUT2D eigenvalue weighted by Gasteiger charge is 2.28. The van der Waals surface area contributed by atoms with Crippen LogP contribution in [-0.2, 0) is 10.0 Å². The Morgan fingerprint density at radius 3 is 2.57 bits per heavy atom. The van der Waals surface area contributed by atoms with Gasteiger partial charge in [-0.1, -0.05) is 36.4 Å². The number of piperidine rings is 1. The molecule has 0 atom stereocenters. The zero-order chi connectivity index (χ0) is 19.9. The number of hydrogen-bond acceptors (Lipinski definition) is 4. The second-order valence-electron chi connectivity index (χ2n) is 7.27. The minimum atomic E-state index is -3.17. The number of fused-ring (bicyclic) bond motifs is 3. The predicted octanol–water partition coefficient (Wildman–Crippen LogP) is 3.44. The number of amides is 1. The van der Waals surface area contributed by atoms with Gasteiger partial charge in [0.1, 0.15) is 5.58 Å². The zero-order valence-electron chi connectivity index (χ0n) is 16.1. The predicted molar refractivity (Wildman–Crippen MR) is 110 cm³/mol. The van der Waals surface area contributed by atoms with Gasteiger partial charge in [0.25, 0.3) is 5.91 Å². The van der Waals surface area contributed by atoms with Crippen LogP contribution in [0.1, 0.15) is 35.9 Å². The summed E-state index contributed by atoms with van der Waals surface area (Å²) in [7, 11) is -3.17. The first-order chi connectivity index (χ1) is 13.4. The average molecular weight is 401 g/mol. The number of furan rings is 1. The molecule has 1 amide bonds. The maximum atomic E-state index is 12.8. The molecule has 1 aliphatic heterocycles. The van der Waals surface area contributed by atoms with Crippen LogP contribution in [0.5, 0.6) is 0 Å². The number of carbonyl (C=O) groups excluding carboxylic acids is 1. The van der Waals surface area contributed by atoms with Crippen LogP contribution in [-0.4, -0.2) is 43.5 Å². The highest BCUT2D eigenvalue weighted by atomic mass is 32.2. The number of nitrogens with one attached hydrogen (secondary N) is 1. The van der Waals surface area contributed by atoms with E-state index in [1.807, 2.05) is 43.3 Å². The Morgan fingerprint density at radius 1 is 1.14 bits per heavy atom. The van der Waals surface area contributed by atoms with E-state index in [4.69, 9.17) is 4.42 Å². The highest BCUT2D eigenvalue weighted by molar-refractivity contribution is 7.89. The second-order valence-corrected chi connectivity index (χ2v) is 9.52. The molecule has 3 aromatic rings. The summed E-state index contributed by atoms with van der Waals surface area (Å²) in [5.74, 6) is 0.195. The smallest absolute Gasteiger partial charge is 0.287 e. The quantitative estimate of drug-likeness (QED) is 0.728. The summed E-state index contributed by atoms with van der Waals surface area (Å²) in [6, 6.07) is 11.9. The standard InChI is InChI=1S/C21H24N2O4S/c1-3-28(25,26)23-12-10-16(11-13-23)22-21(24)19-14(2)17-9-8-15-6-4-5-7-18(15)20(17)27-19/h4-9,16H,3,10-13H2,1-2H3,(H,22,24). The largest absolute Gasteiger partial charge is 0.450 e. The lowest BCUT2D eigenvalue weighted by atomic mass is 10.0. The van der Waals surface area contributed by atoms with Crippen LogP contribution in [0.2, 0.25) is 0 Å². The first kappa shape index (κ1) is 19.0. The zero-order valence-corrected chi connectivity index (χ0v) is 16.9. The molecule has 1 saturated heterocycles. The highest BCUT2D eigenvalue weighted by Crippen LogP contribution is 2.31. The molecule has 1 aromatic heterocycles. The normalized spacial score (nSPS) is 16.6. The van der Waals surface area contributed by atoms with Gasteiger partial charge in [-0.15, -0.1) is 0 Å². The lowest BCUT2D eigenvalue weighted by molar-refractivity contribution is 0.0897. The van der Waals surface area contributed by atoms with Gasteiger partial charge in [-0.05, 0) is 32.1 Å². The van der Waals surface area contributed by atoms with Crippen molar-refractivity contribution in [3.8, 4) is 0 Å². The van der Waals surface area contributed by atoms with Crippen LogP contribution in [0.25, 0.3) is 21.7 Å². The second kappa shape index (κ2) is 7.22. The van der Waals surface area contributed by atoms with Crippen molar-refractivity contribution in [1.29, 1.82) is 0 Å². The number of sulfonamides is 1. The number of hydrogen-bond donors (Lipinski definition) is 1. The van der Waals surface area contributed by atoms with E-state index in [9.17, 15) is 13.2 Å². The third-order valence-corrected chi connectivity index (χ3v) is 7.46. The summed E-state index contributed by atoms with van der Waals surface area (Å²) < 4.78 is 31.5. The van der Waals surface area contributed by atoms with Crippen LogP contribution >= 0.6 is 0 Å². The van der Waals surface area contributed by atoms with Crippen LogP contribution in [0, 0.1) is 6.92 Å². The molecule has 0 radical (unpaired) electrons. The Balaban J connectivity index is 1.54. The summed E-state index contributed by atoms with van der Waals surface area (Å²) >= 11 is 0. The molecular formula is C21H24N2O4S. The molecule has 7 heteroatoms. The Kier molecular flexibility index (Phi) is 4.89. The van der Waals surface area contributed by atoms with Crippen LogP contribution in [0.4, 0.5) is 0 Å². The van der Waals surface area contributed by atoms with Gasteiger partial charge in [-0.25, -0.2) is 12.7 Å². The van der Waals surface area contributed by atoms with E-state index in [1.165, 1.54) is 4.31 Å². The molecule has 6 nitrogen and oxygen atoms in total. The number of nitrogens with zero attached hydrogens (tertiary/aromatic N) is 1. The minimum absolute atomic E-state index is 0.0554. The van der Waals surface area contributed by atoms with Crippen molar-refractivity contribution in [3.05, 3.63) is 47.7 Å². The number of carbonyl (C=O) groups is 1. The molecule has 1 aliphatic rings. The molecule has 0 unspecified atom stereocenters. The molecule has 0 spiro atoms. The molecule has 2 heterocycles. The Labute approximate surface area is 164 Å². The maximum Gasteiger partial charge on any atom is 0.287 e. The van der Waals surface area contributed by atoms with E-state index in [-0.39, 0.29) is 17.7 Å². The van der Waals surface area contributed by atoms with Gasteiger partial charge in [0.05, 0.1) is 5.75 Å². The third-order valence-electron chi connectivity index (χ3n) is 5.58. The summed E-state index contributed by atoms with van der Waals surface area (Å²) in [6.45, 7) is 4.42. The van der Waals surface area contributed by atoms with Crippen molar-refractivity contribution in [1.82, 2.24) is 9.62 Å². The van der Waals surface area contributed by atoms with Crippen molar-refractivity contribution in [2.45, 2.75) is 32.7 Å². The summed E-state index contributed by atoms with van der Waals surface area (Å²) in [4.78, 5) is 12.8. The van der Waals surface area contributed by atoms with Gasteiger partial charge in [-0.3, -0.25) is 4.79 Å². The van der Waals surface area contributed by atoms with Crippen molar-refractivity contribution in [3.63, 3.8) is 0 Å². The van der Waals surface area contributed by atoms with Gasteiger partial charge in [0.2, 0.25) is 10.0 Å². The van der Waals surface area contributed by atoms with Gasteiger partial charge in [0.15, 0.2) is 5.76 Å². The van der Waals surface area contributed by atoms with Crippen LogP contribution in [0.3, 0.4) is 0 Å². The van der Waals surface area contributed by atoms with Gasteiger partial charge < -0.3 is 9.73 Å². The summed E-state index contributed by atoms with van der Waals surface area (Å²) in [5.41, 5.74) is 1.55. The lowest BCUT2D eigenvalue weighted by Gasteiger charge is -2.31. The van der Waals surface area contributed by atoms with E-state index < -0.39 is 10.0 Å². The molecule has 4 rings (SSSR count). The molecule has 2 aromatic carbocycles. The fourth-order valence-corrected chi connectivity index (χ4v) is 5.01. The van der Waals surface area contributed by atoms with Crippen molar-refractivity contribution < 1.29 is 17.6 Å². The Morgan fingerprint density at radius 2 is 1.86 bits per heavy atom. The minimum Gasteiger partial charge on any atom is -0.450 e. The van der Waals surface area contributed by atoms with E-state index in [0.29, 0.717) is 31.7 Å². The third kappa shape index (κ3) is 3.29. The first-order valence-corrected chi connectivity index (χ1v) is 11.2. The molecular weight excluding hydrogens is 376 g/mol. The van der Waals surface area contributed by atoms with Gasteiger partial charge in [0, 0.05) is 35.5 Å². The van der Waals surface area contributed by atoms with Gasteiger partial charge >= 0.3 is 0 Å². The van der Waals surface area contributed by atoms with Crippen molar-refractivity contribution in [2.75, 3.05) is 18.8 Å². The molecule has 0 saturated carbocycles. The average Bonchev–Trinajstić information content (AvgIpc) is 3.05. The monoisotopic (exact) mass is 400 g/mol. The summed E-state index contributed by atoms with van der Waals surface area (Å²) in [6.07, 6.45) is 1.21. The SMILES string of the molecule is CCS(=O)(=O)N1CCC(NC(=O)c2oc3c(ccc4ccccc43)c2C)CC1. The first-order valence-electron chi connectivity index (χ1n) is 9.60. The lowest BCUT2D eigenvalue weighted by Crippen LogP contribution is -2.46. The molecule has 148 valence electrons. The fourth-order valence-electron chi connectivity index (χ4n) is 3.88. The Hall–Kier alpha value is -2.38. The van der Waals surface area contributed by atoms with E-state index >= 15 is 0 Å². The molecule has 0 aliphatic carbocycles. The number of benzene rings is 2. The molecule has 1 N–H and O–H groups in total. The van der Waals surface area contributed by atoms with E-state index in [2.05, 4.69) is 5.32 Å². The maximum absolute atomic E-state index is 12.8. The van der Waals surface area contributed by atoms with Crippen LogP contribution in [0.15, 0.2) is 40.8 Å². The van der Waals surface area contributed by atoms with E-state index in [0.717, 1.165) is 27.3 Å². The fraction of sp³-hybridized carbons (Fsp3) is 0.381. The molecule has 28 heavy (non-hydrogen) atoms. The Bertz CT molecular complexity index is 1140. The topological polar surface area (TPSA) is 79.6 Å².